The quantitative estimate of drug-likeness (QED) is 0.766. The molecule has 0 aliphatic carbocycles. The summed E-state index contributed by atoms with van der Waals surface area (Å²) in [4.78, 5) is 10.3. The van der Waals surface area contributed by atoms with E-state index in [4.69, 9.17) is 15.1 Å². The average molecular weight is 233 g/mol. The Balaban J connectivity index is 2.65. The number of carboxylic acid groups (broad SMARTS) is 1. The van der Waals surface area contributed by atoms with Crippen molar-refractivity contribution in [1.29, 1.82) is 5.26 Å². The number of carbonyl (C=O) groups is 1. The third-order valence-electron chi connectivity index (χ3n) is 2.40. The molecule has 0 aromatic heterocycles. The van der Waals surface area contributed by atoms with Crippen molar-refractivity contribution in [2.45, 2.75) is 26.2 Å². The average Bonchev–Trinajstić information content (AvgIpc) is 2.33. The van der Waals surface area contributed by atoms with E-state index in [0.29, 0.717) is 24.3 Å². The van der Waals surface area contributed by atoms with Crippen molar-refractivity contribution in [2.24, 2.45) is 0 Å². The molecule has 0 amide bonds. The minimum atomic E-state index is -0.824. The summed E-state index contributed by atoms with van der Waals surface area (Å²) in [6.45, 7) is 2.31. The number of nitrogens with zero attached hydrogens (tertiary/aromatic N) is 1. The minimum absolute atomic E-state index is 0.0966. The molecule has 1 N–H and O–H groups in total. The molecule has 0 spiro atoms. The van der Waals surface area contributed by atoms with Gasteiger partial charge in [0.15, 0.2) is 0 Å². The van der Waals surface area contributed by atoms with Crippen LogP contribution in [0.15, 0.2) is 18.2 Å². The summed E-state index contributed by atoms with van der Waals surface area (Å²) in [5.41, 5.74) is 1.49. The molecule has 0 aliphatic rings. The lowest BCUT2D eigenvalue weighted by Crippen LogP contribution is -2.04. The van der Waals surface area contributed by atoms with Crippen LogP contribution in [0.3, 0.4) is 0 Å². The van der Waals surface area contributed by atoms with E-state index in [0.717, 1.165) is 12.0 Å². The van der Waals surface area contributed by atoms with Crippen molar-refractivity contribution in [3.05, 3.63) is 29.3 Å². The zero-order valence-corrected chi connectivity index (χ0v) is 9.77. The fourth-order valence-corrected chi connectivity index (χ4v) is 1.58. The zero-order valence-electron chi connectivity index (χ0n) is 9.77. The number of nitriles is 1. The molecular weight excluding hydrogens is 218 g/mol. The first-order chi connectivity index (χ1) is 8.19. The summed E-state index contributed by atoms with van der Waals surface area (Å²) < 4.78 is 5.51. The number of carboxylic acids is 1. The van der Waals surface area contributed by atoms with Gasteiger partial charge in [0.05, 0.1) is 18.2 Å². The van der Waals surface area contributed by atoms with Crippen LogP contribution < -0.4 is 4.74 Å². The van der Waals surface area contributed by atoms with Crippen molar-refractivity contribution in [2.75, 3.05) is 6.61 Å². The fourth-order valence-electron chi connectivity index (χ4n) is 1.58. The Morgan fingerprint density at radius 3 is 2.88 bits per heavy atom. The van der Waals surface area contributed by atoms with Gasteiger partial charge in [-0.3, -0.25) is 4.79 Å². The van der Waals surface area contributed by atoms with Crippen LogP contribution in [0.5, 0.6) is 5.75 Å². The van der Waals surface area contributed by atoms with Crippen molar-refractivity contribution >= 4 is 5.97 Å². The summed E-state index contributed by atoms with van der Waals surface area (Å²) in [7, 11) is 0. The Bertz CT molecular complexity index is 435. The molecule has 1 aromatic carbocycles. The Kier molecular flexibility index (Phi) is 5.02. The van der Waals surface area contributed by atoms with Gasteiger partial charge in [-0.2, -0.15) is 5.26 Å². The summed E-state index contributed by atoms with van der Waals surface area (Å²) in [5.74, 6) is -0.146. The maximum absolute atomic E-state index is 10.3. The maximum atomic E-state index is 10.3. The third-order valence-corrected chi connectivity index (χ3v) is 2.40. The molecule has 4 heteroatoms. The highest BCUT2D eigenvalue weighted by molar-refractivity contribution is 5.66. The number of aliphatic carboxylic acids is 1. The first-order valence-corrected chi connectivity index (χ1v) is 5.55. The van der Waals surface area contributed by atoms with Crippen LogP contribution >= 0.6 is 0 Å². The highest BCUT2D eigenvalue weighted by Gasteiger charge is 2.07. The van der Waals surface area contributed by atoms with E-state index in [1.165, 1.54) is 0 Å². The summed E-state index contributed by atoms with van der Waals surface area (Å²) in [6, 6.07) is 7.45. The minimum Gasteiger partial charge on any atom is -0.493 e. The van der Waals surface area contributed by atoms with E-state index in [2.05, 4.69) is 6.07 Å². The summed E-state index contributed by atoms with van der Waals surface area (Å²) >= 11 is 0. The predicted molar refractivity (Wildman–Crippen MR) is 62.9 cm³/mol. The highest BCUT2D eigenvalue weighted by Crippen LogP contribution is 2.22. The molecule has 0 saturated heterocycles. The molecular formula is C13H15NO3. The first-order valence-electron chi connectivity index (χ1n) is 5.55. The van der Waals surface area contributed by atoms with Gasteiger partial charge < -0.3 is 9.84 Å². The van der Waals surface area contributed by atoms with Gasteiger partial charge >= 0.3 is 5.97 Å². The molecule has 0 saturated carbocycles. The van der Waals surface area contributed by atoms with Gasteiger partial charge in [-0.1, -0.05) is 13.0 Å². The lowest BCUT2D eigenvalue weighted by atomic mass is 10.1. The van der Waals surface area contributed by atoms with Gasteiger partial charge in [0.2, 0.25) is 0 Å². The van der Waals surface area contributed by atoms with Crippen LogP contribution in [0.2, 0.25) is 0 Å². The Labute approximate surface area is 100 Å². The third kappa shape index (κ3) is 3.80. The van der Waals surface area contributed by atoms with Gasteiger partial charge in [-0.15, -0.1) is 0 Å². The first kappa shape index (κ1) is 13.0. The number of benzene rings is 1. The lowest BCUT2D eigenvalue weighted by Gasteiger charge is -2.10. The van der Waals surface area contributed by atoms with E-state index in [1.54, 1.807) is 18.2 Å². The zero-order chi connectivity index (χ0) is 12.7. The molecule has 0 unspecified atom stereocenters. The number of hydrogen-bond acceptors (Lipinski definition) is 3. The predicted octanol–water partition coefficient (Wildman–Crippen LogP) is 2.36. The number of rotatable bonds is 6. The molecule has 0 heterocycles. The smallest absolute Gasteiger partial charge is 0.303 e. The molecule has 4 nitrogen and oxygen atoms in total. The Hall–Kier alpha value is -2.02. The molecule has 1 aromatic rings. The lowest BCUT2D eigenvalue weighted by molar-refractivity contribution is -0.137. The van der Waals surface area contributed by atoms with Crippen LogP contribution in [-0.4, -0.2) is 17.7 Å². The van der Waals surface area contributed by atoms with Crippen molar-refractivity contribution in [3.8, 4) is 11.8 Å². The van der Waals surface area contributed by atoms with E-state index >= 15 is 0 Å². The number of ether oxygens (including phenoxy) is 1. The van der Waals surface area contributed by atoms with Crippen LogP contribution in [-0.2, 0) is 11.2 Å². The molecule has 90 valence electrons. The van der Waals surface area contributed by atoms with Gasteiger partial charge in [0.25, 0.3) is 0 Å². The normalized spacial score (nSPS) is 9.65. The second-order valence-corrected chi connectivity index (χ2v) is 3.59. The largest absolute Gasteiger partial charge is 0.493 e. The van der Waals surface area contributed by atoms with Gasteiger partial charge in [0, 0.05) is 12.0 Å². The van der Waals surface area contributed by atoms with Crippen LogP contribution in [0.1, 0.15) is 30.9 Å². The molecule has 0 radical (unpaired) electrons. The Morgan fingerprint density at radius 2 is 2.29 bits per heavy atom. The van der Waals surface area contributed by atoms with Gasteiger partial charge in [-0.25, -0.2) is 0 Å². The standard InChI is InChI=1S/C13H15NO3/c1-2-11-10(9-14)5-3-6-12(11)17-8-4-7-13(15)16/h3,5-6H,2,4,7-8H2,1H3,(H,15,16). The van der Waals surface area contributed by atoms with Crippen LogP contribution in [0, 0.1) is 11.3 Å². The van der Waals surface area contributed by atoms with E-state index < -0.39 is 5.97 Å². The molecule has 0 atom stereocenters. The molecule has 0 aliphatic heterocycles. The molecule has 1 rings (SSSR count). The second kappa shape index (κ2) is 6.54. The van der Waals surface area contributed by atoms with Crippen molar-refractivity contribution < 1.29 is 14.6 Å². The maximum Gasteiger partial charge on any atom is 0.303 e. The van der Waals surface area contributed by atoms with Crippen molar-refractivity contribution in [1.82, 2.24) is 0 Å². The highest BCUT2D eigenvalue weighted by atomic mass is 16.5. The number of hydrogen-bond donors (Lipinski definition) is 1. The molecule has 0 fully saturated rings. The van der Waals surface area contributed by atoms with Gasteiger partial charge in [0.1, 0.15) is 5.75 Å². The van der Waals surface area contributed by atoms with Crippen molar-refractivity contribution in [3.63, 3.8) is 0 Å². The Morgan fingerprint density at radius 1 is 1.53 bits per heavy atom. The SMILES string of the molecule is CCc1c(C#N)cccc1OCCCC(=O)O. The van der Waals surface area contributed by atoms with Gasteiger partial charge in [-0.05, 0) is 25.0 Å². The molecule has 17 heavy (non-hydrogen) atoms. The second-order valence-electron chi connectivity index (χ2n) is 3.59. The fraction of sp³-hybridized carbons (Fsp3) is 0.385. The molecule has 0 bridgehead atoms. The summed E-state index contributed by atoms with van der Waals surface area (Å²) in [6.07, 6.45) is 1.28. The topological polar surface area (TPSA) is 70.3 Å². The van der Waals surface area contributed by atoms with E-state index in [-0.39, 0.29) is 6.42 Å². The van der Waals surface area contributed by atoms with Crippen LogP contribution in [0.4, 0.5) is 0 Å². The summed E-state index contributed by atoms with van der Waals surface area (Å²) in [5, 5.41) is 17.4. The van der Waals surface area contributed by atoms with E-state index in [1.807, 2.05) is 6.92 Å². The van der Waals surface area contributed by atoms with Crippen LogP contribution in [0.25, 0.3) is 0 Å². The monoisotopic (exact) mass is 233 g/mol. The van der Waals surface area contributed by atoms with E-state index in [9.17, 15) is 4.79 Å².